The van der Waals surface area contributed by atoms with E-state index in [4.69, 9.17) is 0 Å². The van der Waals surface area contributed by atoms with E-state index in [2.05, 4.69) is 17.2 Å². The maximum Gasteiger partial charge on any atom is 0.251 e. The Morgan fingerprint density at radius 3 is 1.80 bits per heavy atom. The highest BCUT2D eigenvalue weighted by molar-refractivity contribution is 6.07. The van der Waals surface area contributed by atoms with Crippen LogP contribution in [0.1, 0.15) is 6.42 Å². The van der Waals surface area contributed by atoms with E-state index in [0.29, 0.717) is 12.1 Å². The Kier molecular flexibility index (Phi) is 5.53. The van der Waals surface area contributed by atoms with Crippen molar-refractivity contribution in [2.45, 2.75) is 6.42 Å². The van der Waals surface area contributed by atoms with E-state index < -0.39 is 41.5 Å². The van der Waals surface area contributed by atoms with Gasteiger partial charge in [-0.2, -0.15) is 0 Å². The Morgan fingerprint density at radius 1 is 0.840 bits per heavy atom. The molecule has 4 nitrogen and oxygen atoms in total. The van der Waals surface area contributed by atoms with Crippen LogP contribution in [0.25, 0.3) is 0 Å². The van der Waals surface area contributed by atoms with Crippen LogP contribution in [0.2, 0.25) is 0 Å². The number of halogens is 4. The first kappa shape index (κ1) is 18.2. The number of rotatable bonds is 5. The molecule has 130 valence electrons. The summed E-state index contributed by atoms with van der Waals surface area (Å²) in [5.74, 6) is -5.21. The molecule has 2 amide bonds. The third kappa shape index (κ3) is 4.90. The van der Waals surface area contributed by atoms with Gasteiger partial charge < -0.3 is 10.6 Å². The van der Waals surface area contributed by atoms with Gasteiger partial charge in [0, 0.05) is 17.7 Å². The van der Waals surface area contributed by atoms with Crippen molar-refractivity contribution in [3.8, 4) is 0 Å². The summed E-state index contributed by atoms with van der Waals surface area (Å²) in [4.78, 5) is 23.7. The van der Waals surface area contributed by atoms with E-state index in [-0.39, 0.29) is 16.9 Å². The van der Waals surface area contributed by atoms with E-state index in [9.17, 15) is 27.2 Å². The second-order valence-corrected chi connectivity index (χ2v) is 5.03. The van der Waals surface area contributed by atoms with Crippen LogP contribution in [0, 0.1) is 23.3 Å². The molecule has 0 unspecified atom stereocenters. The summed E-state index contributed by atoms with van der Waals surface area (Å²) < 4.78 is 52.5. The number of amides is 2. The summed E-state index contributed by atoms with van der Waals surface area (Å²) in [7, 11) is 0. The number of carbonyl (C=O) groups excluding carboxylic acids is 2. The summed E-state index contributed by atoms with van der Waals surface area (Å²) in [6, 6.07) is 5.13. The smallest absolute Gasteiger partial charge is 0.251 e. The number of hydrogen-bond donors (Lipinski definition) is 2. The fourth-order valence-corrected chi connectivity index (χ4v) is 1.86. The van der Waals surface area contributed by atoms with Gasteiger partial charge in [-0.3, -0.25) is 9.59 Å². The normalized spacial score (nSPS) is 10.2. The molecule has 0 aromatic heterocycles. The predicted octanol–water partition coefficient (Wildman–Crippen LogP) is 3.77. The number of hydrogen-bond acceptors (Lipinski definition) is 2. The fourth-order valence-electron chi connectivity index (χ4n) is 1.86. The van der Waals surface area contributed by atoms with Crippen molar-refractivity contribution >= 4 is 23.2 Å². The van der Waals surface area contributed by atoms with Gasteiger partial charge >= 0.3 is 0 Å². The van der Waals surface area contributed by atoms with E-state index >= 15 is 0 Å². The second kappa shape index (κ2) is 7.61. The average Bonchev–Trinajstić information content (AvgIpc) is 2.52. The van der Waals surface area contributed by atoms with Crippen molar-refractivity contribution in [2.24, 2.45) is 0 Å². The molecule has 0 aliphatic heterocycles. The van der Waals surface area contributed by atoms with Crippen molar-refractivity contribution in [3.63, 3.8) is 0 Å². The Hall–Kier alpha value is -3.16. The largest absolute Gasteiger partial charge is 0.323 e. The molecule has 2 aromatic rings. The van der Waals surface area contributed by atoms with Crippen LogP contribution in [0.15, 0.2) is 48.6 Å². The zero-order valence-corrected chi connectivity index (χ0v) is 12.7. The van der Waals surface area contributed by atoms with Gasteiger partial charge in [-0.05, 0) is 24.3 Å². The lowest BCUT2D eigenvalue weighted by Gasteiger charge is -2.10. The lowest BCUT2D eigenvalue weighted by molar-refractivity contribution is -0.118. The number of carbonyl (C=O) groups is 2. The molecule has 2 rings (SSSR count). The molecule has 0 saturated heterocycles. The van der Waals surface area contributed by atoms with Crippen LogP contribution in [0.5, 0.6) is 0 Å². The first-order valence-corrected chi connectivity index (χ1v) is 6.95. The number of anilines is 2. The van der Waals surface area contributed by atoms with E-state index in [0.717, 1.165) is 24.3 Å². The molecule has 0 bridgehead atoms. The van der Waals surface area contributed by atoms with Gasteiger partial charge in [-0.1, -0.05) is 6.58 Å². The quantitative estimate of drug-likeness (QED) is 0.636. The lowest BCUT2D eigenvalue weighted by Crippen LogP contribution is -2.20. The molecular formula is C17H12F4N2O2. The molecule has 0 fully saturated rings. The van der Waals surface area contributed by atoms with Gasteiger partial charge in [0.1, 0.15) is 23.3 Å². The van der Waals surface area contributed by atoms with E-state index in [1.807, 2.05) is 0 Å². The Labute approximate surface area is 140 Å². The third-order valence-electron chi connectivity index (χ3n) is 3.08. The van der Waals surface area contributed by atoms with Gasteiger partial charge in [0.15, 0.2) is 0 Å². The molecule has 0 radical (unpaired) electrons. The van der Waals surface area contributed by atoms with Crippen LogP contribution in [-0.2, 0) is 9.59 Å². The van der Waals surface area contributed by atoms with E-state index in [1.54, 1.807) is 0 Å². The first-order valence-electron chi connectivity index (χ1n) is 6.95. The molecule has 8 heteroatoms. The number of benzene rings is 2. The molecule has 0 atom stereocenters. The third-order valence-corrected chi connectivity index (χ3v) is 3.08. The standard InChI is InChI=1S/C17H12F4N2O2/c1-9(17(25)23-15-5-3-11(19)8-13(15)21)6-16(24)22-14-4-2-10(18)7-12(14)20/h2-5,7-8H,1,6H2,(H,22,24)(H,23,25). The molecular weight excluding hydrogens is 340 g/mol. The summed E-state index contributed by atoms with van der Waals surface area (Å²) in [5, 5.41) is 4.30. The Morgan fingerprint density at radius 2 is 1.32 bits per heavy atom. The van der Waals surface area contributed by atoms with Crippen molar-refractivity contribution in [2.75, 3.05) is 10.6 Å². The zero-order valence-electron chi connectivity index (χ0n) is 12.7. The molecule has 0 spiro atoms. The molecule has 2 N–H and O–H groups in total. The van der Waals surface area contributed by atoms with Gasteiger partial charge in [0.05, 0.1) is 17.8 Å². The summed E-state index contributed by atoms with van der Waals surface area (Å²) in [6.07, 6.45) is -0.508. The monoisotopic (exact) mass is 352 g/mol. The average molecular weight is 352 g/mol. The molecule has 0 saturated carbocycles. The van der Waals surface area contributed by atoms with Crippen molar-refractivity contribution in [1.29, 1.82) is 0 Å². The minimum absolute atomic E-state index is 0.233. The molecule has 0 aliphatic carbocycles. The van der Waals surface area contributed by atoms with Crippen molar-refractivity contribution in [1.82, 2.24) is 0 Å². The summed E-state index contributed by atoms with van der Waals surface area (Å²) >= 11 is 0. The fraction of sp³-hybridized carbons (Fsp3) is 0.0588. The molecule has 0 aliphatic rings. The van der Waals surface area contributed by atoms with Crippen LogP contribution < -0.4 is 10.6 Å². The minimum Gasteiger partial charge on any atom is -0.323 e. The van der Waals surface area contributed by atoms with Gasteiger partial charge in [-0.25, -0.2) is 17.6 Å². The minimum atomic E-state index is -0.987. The molecule has 25 heavy (non-hydrogen) atoms. The SMILES string of the molecule is C=C(CC(=O)Nc1ccc(F)cc1F)C(=O)Nc1ccc(F)cc1F. The number of nitrogens with one attached hydrogen (secondary N) is 2. The van der Waals surface area contributed by atoms with Gasteiger partial charge in [0.2, 0.25) is 5.91 Å². The summed E-state index contributed by atoms with van der Waals surface area (Å²) in [6.45, 7) is 3.39. The Bertz CT molecular complexity index is 853. The molecule has 2 aromatic carbocycles. The maximum atomic E-state index is 13.5. The lowest BCUT2D eigenvalue weighted by atomic mass is 10.1. The van der Waals surface area contributed by atoms with Crippen LogP contribution in [-0.4, -0.2) is 11.8 Å². The topological polar surface area (TPSA) is 58.2 Å². The van der Waals surface area contributed by atoms with Crippen molar-refractivity contribution < 1.29 is 27.2 Å². The van der Waals surface area contributed by atoms with Gasteiger partial charge in [0.25, 0.3) is 5.91 Å². The van der Waals surface area contributed by atoms with E-state index in [1.165, 1.54) is 0 Å². The van der Waals surface area contributed by atoms with Crippen LogP contribution >= 0.6 is 0 Å². The highest BCUT2D eigenvalue weighted by Gasteiger charge is 2.15. The first-order chi connectivity index (χ1) is 11.8. The highest BCUT2D eigenvalue weighted by Crippen LogP contribution is 2.18. The van der Waals surface area contributed by atoms with Crippen molar-refractivity contribution in [3.05, 3.63) is 71.8 Å². The van der Waals surface area contributed by atoms with Crippen LogP contribution in [0.3, 0.4) is 0 Å². The maximum absolute atomic E-state index is 13.5. The van der Waals surface area contributed by atoms with Crippen LogP contribution in [0.4, 0.5) is 28.9 Å². The highest BCUT2D eigenvalue weighted by atomic mass is 19.1. The Balaban J connectivity index is 1.96. The van der Waals surface area contributed by atoms with Gasteiger partial charge in [-0.15, -0.1) is 0 Å². The predicted molar refractivity (Wildman–Crippen MR) is 83.7 cm³/mol. The zero-order chi connectivity index (χ0) is 18.6. The summed E-state index contributed by atoms with van der Waals surface area (Å²) in [5.41, 5.74) is -0.773. The molecule has 0 heterocycles. The second-order valence-electron chi connectivity index (χ2n) is 5.03.